The number of likely N-dealkylation sites (tertiary alicyclic amines) is 1. The summed E-state index contributed by atoms with van der Waals surface area (Å²) in [6.07, 6.45) is 2.41. The van der Waals surface area contributed by atoms with E-state index in [4.69, 9.17) is 5.73 Å². The molecule has 0 bridgehead atoms. The third-order valence-corrected chi connectivity index (χ3v) is 2.90. The van der Waals surface area contributed by atoms with E-state index in [1.807, 2.05) is 0 Å². The minimum absolute atomic E-state index is 0.0179. The van der Waals surface area contributed by atoms with E-state index in [1.54, 1.807) is 0 Å². The van der Waals surface area contributed by atoms with Crippen LogP contribution < -0.4 is 5.73 Å². The van der Waals surface area contributed by atoms with Gasteiger partial charge in [0, 0.05) is 18.6 Å². The van der Waals surface area contributed by atoms with Crippen molar-refractivity contribution in [2.45, 2.75) is 39.2 Å². The first-order chi connectivity index (χ1) is 5.53. The number of rotatable bonds is 3. The highest BCUT2D eigenvalue weighted by atomic mass is 15.2. The van der Waals surface area contributed by atoms with Crippen LogP contribution in [0.4, 0.5) is 0 Å². The molecule has 2 heteroatoms. The Morgan fingerprint density at radius 1 is 1.58 bits per heavy atom. The fraction of sp³-hybridized carbons (Fsp3) is 1.00. The second-order valence-electron chi connectivity index (χ2n) is 4.64. The van der Waals surface area contributed by atoms with Gasteiger partial charge >= 0.3 is 0 Å². The third kappa shape index (κ3) is 2.76. The molecule has 2 unspecified atom stereocenters. The molecule has 0 aromatic heterocycles. The van der Waals surface area contributed by atoms with E-state index in [9.17, 15) is 0 Å². The lowest BCUT2D eigenvalue weighted by Gasteiger charge is -2.28. The van der Waals surface area contributed by atoms with Gasteiger partial charge in [0.05, 0.1) is 0 Å². The summed E-state index contributed by atoms with van der Waals surface area (Å²) >= 11 is 0. The zero-order valence-electron chi connectivity index (χ0n) is 8.64. The van der Waals surface area contributed by atoms with E-state index in [0.717, 1.165) is 18.9 Å². The predicted molar refractivity (Wildman–Crippen MR) is 53.1 cm³/mol. The monoisotopic (exact) mass is 170 g/mol. The van der Waals surface area contributed by atoms with Gasteiger partial charge in [-0.3, -0.25) is 0 Å². The smallest absolute Gasteiger partial charge is 0.0252 e. The first-order valence-corrected chi connectivity index (χ1v) is 5.05. The maximum absolute atomic E-state index is 6.10. The molecule has 0 spiro atoms. The van der Waals surface area contributed by atoms with Gasteiger partial charge in [-0.15, -0.1) is 0 Å². The minimum Gasteiger partial charge on any atom is -0.324 e. The highest BCUT2D eigenvalue weighted by molar-refractivity contribution is 4.84. The van der Waals surface area contributed by atoms with Gasteiger partial charge in [-0.1, -0.05) is 13.8 Å². The summed E-state index contributed by atoms with van der Waals surface area (Å²) in [7, 11) is 0. The van der Waals surface area contributed by atoms with Crippen LogP contribution in [0.25, 0.3) is 0 Å². The standard InChI is InChI=1S/C10H22N2/c1-4-10(3,11)8-12-6-5-9(2)7-12/h9H,4-8,11H2,1-3H3. The molecule has 0 radical (unpaired) electrons. The summed E-state index contributed by atoms with van der Waals surface area (Å²) < 4.78 is 0. The fourth-order valence-corrected chi connectivity index (χ4v) is 1.79. The Kier molecular flexibility index (Phi) is 3.13. The van der Waals surface area contributed by atoms with E-state index in [0.29, 0.717) is 0 Å². The molecule has 1 aliphatic heterocycles. The Bertz CT molecular complexity index is 143. The normalized spacial score (nSPS) is 30.5. The van der Waals surface area contributed by atoms with Crippen molar-refractivity contribution in [3.63, 3.8) is 0 Å². The second kappa shape index (κ2) is 3.75. The molecule has 2 N–H and O–H groups in total. The molecule has 2 nitrogen and oxygen atoms in total. The van der Waals surface area contributed by atoms with Crippen molar-refractivity contribution < 1.29 is 0 Å². The molecule has 12 heavy (non-hydrogen) atoms. The van der Waals surface area contributed by atoms with E-state index in [1.165, 1.54) is 19.5 Å². The summed E-state index contributed by atoms with van der Waals surface area (Å²) in [5.41, 5.74) is 6.12. The van der Waals surface area contributed by atoms with E-state index in [2.05, 4.69) is 25.7 Å². The summed E-state index contributed by atoms with van der Waals surface area (Å²) in [4.78, 5) is 2.49. The Balaban J connectivity index is 2.32. The molecule has 0 saturated carbocycles. The van der Waals surface area contributed by atoms with Gasteiger partial charge in [0.2, 0.25) is 0 Å². The van der Waals surface area contributed by atoms with Crippen LogP contribution >= 0.6 is 0 Å². The van der Waals surface area contributed by atoms with E-state index in [-0.39, 0.29) is 5.54 Å². The molecule has 1 aliphatic rings. The fourth-order valence-electron chi connectivity index (χ4n) is 1.79. The largest absolute Gasteiger partial charge is 0.324 e. The van der Waals surface area contributed by atoms with Gasteiger partial charge in [-0.05, 0) is 32.2 Å². The van der Waals surface area contributed by atoms with Crippen LogP contribution in [-0.2, 0) is 0 Å². The second-order valence-corrected chi connectivity index (χ2v) is 4.64. The summed E-state index contributed by atoms with van der Waals surface area (Å²) in [5.74, 6) is 0.873. The lowest BCUT2D eigenvalue weighted by Crippen LogP contribution is -2.46. The van der Waals surface area contributed by atoms with Gasteiger partial charge in [0.25, 0.3) is 0 Å². The van der Waals surface area contributed by atoms with Crippen LogP contribution in [0.3, 0.4) is 0 Å². The third-order valence-electron chi connectivity index (χ3n) is 2.90. The van der Waals surface area contributed by atoms with Crippen LogP contribution in [0.15, 0.2) is 0 Å². The van der Waals surface area contributed by atoms with Crippen molar-refractivity contribution in [3.05, 3.63) is 0 Å². The van der Waals surface area contributed by atoms with Crippen LogP contribution in [0, 0.1) is 5.92 Å². The van der Waals surface area contributed by atoms with Crippen molar-refractivity contribution in [2.75, 3.05) is 19.6 Å². The molecule has 1 rings (SSSR count). The molecule has 0 aromatic rings. The molecule has 2 atom stereocenters. The zero-order valence-corrected chi connectivity index (χ0v) is 8.64. The Hall–Kier alpha value is -0.0800. The first kappa shape index (κ1) is 10.0. The van der Waals surface area contributed by atoms with Crippen molar-refractivity contribution >= 4 is 0 Å². The van der Waals surface area contributed by atoms with Crippen LogP contribution in [0.5, 0.6) is 0 Å². The van der Waals surface area contributed by atoms with Crippen molar-refractivity contribution in [1.82, 2.24) is 4.90 Å². The molecule has 1 heterocycles. The highest BCUT2D eigenvalue weighted by Gasteiger charge is 2.25. The Morgan fingerprint density at radius 2 is 2.25 bits per heavy atom. The molecule has 0 aromatic carbocycles. The maximum atomic E-state index is 6.10. The molecule has 72 valence electrons. The van der Waals surface area contributed by atoms with Gasteiger partial charge in [-0.2, -0.15) is 0 Å². The summed E-state index contributed by atoms with van der Waals surface area (Å²) in [5, 5.41) is 0. The minimum atomic E-state index is 0.0179. The summed E-state index contributed by atoms with van der Waals surface area (Å²) in [6, 6.07) is 0. The maximum Gasteiger partial charge on any atom is 0.0252 e. The molecule has 0 amide bonds. The van der Waals surface area contributed by atoms with E-state index < -0.39 is 0 Å². The SMILES string of the molecule is CCC(C)(N)CN1CCC(C)C1. The average molecular weight is 170 g/mol. The van der Waals surface area contributed by atoms with Crippen LogP contribution in [0.1, 0.15) is 33.6 Å². The molecule has 1 fully saturated rings. The predicted octanol–water partition coefficient (Wildman–Crippen LogP) is 1.46. The zero-order chi connectivity index (χ0) is 9.19. The number of hydrogen-bond donors (Lipinski definition) is 1. The number of nitrogens with two attached hydrogens (primary N) is 1. The topological polar surface area (TPSA) is 29.3 Å². The Morgan fingerprint density at radius 3 is 2.67 bits per heavy atom. The lowest BCUT2D eigenvalue weighted by atomic mass is 10.0. The van der Waals surface area contributed by atoms with Gasteiger partial charge < -0.3 is 10.6 Å². The van der Waals surface area contributed by atoms with Gasteiger partial charge in [0.1, 0.15) is 0 Å². The number of hydrogen-bond acceptors (Lipinski definition) is 2. The van der Waals surface area contributed by atoms with E-state index >= 15 is 0 Å². The van der Waals surface area contributed by atoms with Gasteiger partial charge in [0.15, 0.2) is 0 Å². The van der Waals surface area contributed by atoms with Crippen molar-refractivity contribution in [3.8, 4) is 0 Å². The first-order valence-electron chi connectivity index (χ1n) is 5.05. The van der Waals surface area contributed by atoms with Crippen LogP contribution in [0.2, 0.25) is 0 Å². The van der Waals surface area contributed by atoms with Gasteiger partial charge in [-0.25, -0.2) is 0 Å². The molecule has 0 aliphatic carbocycles. The average Bonchev–Trinajstić information content (AvgIpc) is 2.35. The summed E-state index contributed by atoms with van der Waals surface area (Å²) in [6.45, 7) is 10.2. The van der Waals surface area contributed by atoms with Crippen molar-refractivity contribution in [2.24, 2.45) is 11.7 Å². The van der Waals surface area contributed by atoms with Crippen molar-refractivity contribution in [1.29, 1.82) is 0 Å². The number of nitrogens with zero attached hydrogens (tertiary/aromatic N) is 1. The Labute approximate surface area is 76.1 Å². The molecular weight excluding hydrogens is 148 g/mol. The quantitative estimate of drug-likeness (QED) is 0.694. The molecule has 1 saturated heterocycles. The van der Waals surface area contributed by atoms with Crippen LogP contribution in [-0.4, -0.2) is 30.1 Å². The highest BCUT2D eigenvalue weighted by Crippen LogP contribution is 2.18. The molecular formula is C10H22N2. The lowest BCUT2D eigenvalue weighted by molar-refractivity contribution is 0.248.